The molecule has 0 saturated carbocycles. The number of carbonyl (C=O) groups is 1. The van der Waals surface area contributed by atoms with E-state index in [1.165, 1.54) is 17.4 Å². The lowest BCUT2D eigenvalue weighted by atomic mass is 10.1. The Labute approximate surface area is 123 Å². The highest BCUT2D eigenvalue weighted by Crippen LogP contribution is 2.27. The van der Waals surface area contributed by atoms with Crippen molar-refractivity contribution >= 4 is 48.4 Å². The Hall–Kier alpha value is -1.75. The average Bonchev–Trinajstić information content (AvgIpc) is 2.46. The molecule has 5 heteroatoms. The van der Waals surface area contributed by atoms with E-state index in [1.54, 1.807) is 18.2 Å². The molecule has 0 amide bonds. The molecule has 1 unspecified atom stereocenters. The highest BCUT2D eigenvalue weighted by atomic mass is 35.5. The largest absolute Gasteiger partial charge is 0.379 e. The third kappa shape index (κ3) is 2.12. The van der Waals surface area contributed by atoms with E-state index in [2.05, 4.69) is 0 Å². The van der Waals surface area contributed by atoms with E-state index in [0.717, 1.165) is 9.40 Å². The smallest absolute Gasteiger partial charge is 0.254 e. The number of carbonyl (C=O) groups excluding carboxylic acids is 1. The van der Waals surface area contributed by atoms with Gasteiger partial charge in [-0.25, -0.2) is 0 Å². The van der Waals surface area contributed by atoms with E-state index in [4.69, 9.17) is 11.6 Å². The predicted molar refractivity (Wildman–Crippen MR) is 81.4 cm³/mol. The molecule has 0 bridgehead atoms. The van der Waals surface area contributed by atoms with Gasteiger partial charge in [0.25, 0.3) is 5.24 Å². The van der Waals surface area contributed by atoms with Crippen LogP contribution in [0.15, 0.2) is 47.3 Å². The molecule has 1 aromatic heterocycles. The van der Waals surface area contributed by atoms with Crippen LogP contribution in [0.5, 0.6) is 0 Å². The number of hydrogen-bond donors (Lipinski definition) is 1. The standard InChI is InChI=1S/C15H9ClO3S/c16-15(19)13(17)8-5-6-12-10(7-8)14(18)9-3-1-2-4-11(9)20-12/h1-7,13,17H. The van der Waals surface area contributed by atoms with Gasteiger partial charge in [-0.2, -0.15) is 0 Å². The first kappa shape index (κ1) is 13.2. The van der Waals surface area contributed by atoms with Crippen LogP contribution in [0.3, 0.4) is 0 Å². The Bertz CT molecular complexity index is 885. The van der Waals surface area contributed by atoms with Crippen LogP contribution in [0.25, 0.3) is 20.2 Å². The maximum atomic E-state index is 12.4. The minimum absolute atomic E-state index is 0.106. The summed E-state index contributed by atoms with van der Waals surface area (Å²) in [5.41, 5.74) is 0.225. The van der Waals surface area contributed by atoms with E-state index >= 15 is 0 Å². The van der Waals surface area contributed by atoms with Crippen LogP contribution < -0.4 is 5.43 Å². The molecular weight excluding hydrogens is 296 g/mol. The predicted octanol–water partition coefficient (Wildman–Crippen LogP) is 3.21. The number of fused-ring (bicyclic) bond motifs is 2. The van der Waals surface area contributed by atoms with Gasteiger partial charge in [-0.15, -0.1) is 11.3 Å². The summed E-state index contributed by atoms with van der Waals surface area (Å²) in [6.45, 7) is 0. The quantitative estimate of drug-likeness (QED) is 0.584. The first-order chi connectivity index (χ1) is 9.58. The zero-order chi connectivity index (χ0) is 14.3. The number of aliphatic hydroxyl groups is 1. The van der Waals surface area contributed by atoms with Crippen LogP contribution in [-0.4, -0.2) is 10.3 Å². The molecule has 1 heterocycles. The van der Waals surface area contributed by atoms with Gasteiger partial charge in [-0.3, -0.25) is 9.59 Å². The summed E-state index contributed by atoms with van der Waals surface area (Å²) in [6.07, 6.45) is -1.41. The summed E-state index contributed by atoms with van der Waals surface area (Å²) in [7, 11) is 0. The normalized spacial score (nSPS) is 12.7. The second-order valence-electron chi connectivity index (χ2n) is 4.39. The molecular formula is C15H9ClO3S. The molecule has 0 fully saturated rings. The maximum absolute atomic E-state index is 12.4. The molecule has 1 atom stereocenters. The molecule has 0 spiro atoms. The number of rotatable bonds is 2. The van der Waals surface area contributed by atoms with Crippen molar-refractivity contribution in [3.63, 3.8) is 0 Å². The van der Waals surface area contributed by atoms with Crippen molar-refractivity contribution in [2.45, 2.75) is 6.10 Å². The lowest BCUT2D eigenvalue weighted by Crippen LogP contribution is -2.07. The van der Waals surface area contributed by atoms with Crippen LogP contribution in [0.2, 0.25) is 0 Å². The van der Waals surface area contributed by atoms with E-state index in [9.17, 15) is 14.7 Å². The second kappa shape index (κ2) is 4.98. The van der Waals surface area contributed by atoms with Gasteiger partial charge in [0.2, 0.25) is 0 Å². The Kier molecular flexibility index (Phi) is 3.30. The van der Waals surface area contributed by atoms with Gasteiger partial charge < -0.3 is 5.11 Å². The van der Waals surface area contributed by atoms with Crippen molar-refractivity contribution in [1.29, 1.82) is 0 Å². The Balaban J connectivity index is 2.34. The van der Waals surface area contributed by atoms with Crippen LogP contribution in [-0.2, 0) is 4.79 Å². The topological polar surface area (TPSA) is 54.4 Å². The van der Waals surface area contributed by atoms with Gasteiger partial charge in [0.05, 0.1) is 0 Å². The molecule has 0 saturated heterocycles. The molecule has 0 radical (unpaired) electrons. The van der Waals surface area contributed by atoms with Gasteiger partial charge >= 0.3 is 0 Å². The molecule has 3 aromatic rings. The minimum Gasteiger partial charge on any atom is -0.379 e. The monoisotopic (exact) mass is 304 g/mol. The van der Waals surface area contributed by atoms with Crippen LogP contribution >= 0.6 is 22.9 Å². The number of halogens is 1. The Morgan fingerprint density at radius 1 is 1.10 bits per heavy atom. The summed E-state index contributed by atoms with van der Waals surface area (Å²) < 4.78 is 1.72. The van der Waals surface area contributed by atoms with Gasteiger partial charge in [-0.05, 0) is 41.4 Å². The lowest BCUT2D eigenvalue weighted by molar-refractivity contribution is -0.119. The maximum Gasteiger partial charge on any atom is 0.254 e. The van der Waals surface area contributed by atoms with Gasteiger partial charge in [0.15, 0.2) is 11.5 Å². The average molecular weight is 305 g/mol. The fraction of sp³-hybridized carbons (Fsp3) is 0.0667. The van der Waals surface area contributed by atoms with Crippen LogP contribution in [0, 0.1) is 0 Å². The second-order valence-corrected chi connectivity index (χ2v) is 5.85. The summed E-state index contributed by atoms with van der Waals surface area (Å²) in [5, 5.41) is 9.94. The number of hydrogen-bond acceptors (Lipinski definition) is 4. The van der Waals surface area contributed by atoms with Crippen molar-refractivity contribution < 1.29 is 9.90 Å². The summed E-state index contributed by atoms with van der Waals surface area (Å²) >= 11 is 6.78. The van der Waals surface area contributed by atoms with Gasteiger partial charge in [0, 0.05) is 20.2 Å². The number of benzene rings is 2. The summed E-state index contributed by atoms with van der Waals surface area (Å²) in [6, 6.07) is 12.2. The third-order valence-corrected chi connectivity index (χ3v) is 4.49. The van der Waals surface area contributed by atoms with Gasteiger partial charge in [-0.1, -0.05) is 18.2 Å². The van der Waals surface area contributed by atoms with Crippen molar-refractivity contribution in [1.82, 2.24) is 0 Å². The van der Waals surface area contributed by atoms with Crippen molar-refractivity contribution in [3.05, 3.63) is 58.3 Å². The zero-order valence-electron chi connectivity index (χ0n) is 10.2. The van der Waals surface area contributed by atoms with Crippen LogP contribution in [0.1, 0.15) is 11.7 Å². The first-order valence-corrected chi connectivity index (χ1v) is 7.10. The van der Waals surface area contributed by atoms with Crippen molar-refractivity contribution in [2.75, 3.05) is 0 Å². The van der Waals surface area contributed by atoms with E-state index < -0.39 is 11.3 Å². The van der Waals surface area contributed by atoms with Crippen molar-refractivity contribution in [3.8, 4) is 0 Å². The molecule has 2 aromatic carbocycles. The minimum atomic E-state index is -1.41. The summed E-state index contributed by atoms with van der Waals surface area (Å²) in [5.74, 6) is 0. The molecule has 0 aliphatic heterocycles. The summed E-state index contributed by atoms with van der Waals surface area (Å²) in [4.78, 5) is 23.5. The van der Waals surface area contributed by atoms with E-state index in [0.29, 0.717) is 16.3 Å². The molecule has 1 N–H and O–H groups in total. The SMILES string of the molecule is O=C(Cl)C(O)c1ccc2sc3ccccc3c(=O)c2c1. The molecule has 3 nitrogen and oxygen atoms in total. The van der Waals surface area contributed by atoms with E-state index in [-0.39, 0.29) is 5.43 Å². The lowest BCUT2D eigenvalue weighted by Gasteiger charge is -2.07. The Morgan fingerprint density at radius 3 is 2.55 bits per heavy atom. The Morgan fingerprint density at radius 2 is 1.80 bits per heavy atom. The van der Waals surface area contributed by atoms with Gasteiger partial charge in [0.1, 0.15) is 0 Å². The fourth-order valence-corrected chi connectivity index (χ4v) is 3.30. The van der Waals surface area contributed by atoms with Crippen molar-refractivity contribution in [2.24, 2.45) is 0 Å². The highest BCUT2D eigenvalue weighted by Gasteiger charge is 2.16. The fourth-order valence-electron chi connectivity index (χ4n) is 2.12. The third-order valence-electron chi connectivity index (χ3n) is 3.13. The molecule has 3 rings (SSSR count). The molecule has 100 valence electrons. The molecule has 0 aliphatic carbocycles. The molecule has 20 heavy (non-hydrogen) atoms. The molecule has 0 aliphatic rings. The van der Waals surface area contributed by atoms with Crippen LogP contribution in [0.4, 0.5) is 0 Å². The number of aliphatic hydroxyl groups excluding tert-OH is 1. The first-order valence-electron chi connectivity index (χ1n) is 5.91. The zero-order valence-corrected chi connectivity index (χ0v) is 11.7. The van der Waals surface area contributed by atoms with E-state index in [1.807, 2.05) is 18.2 Å². The highest BCUT2D eigenvalue weighted by molar-refractivity contribution is 7.24.